The molecule has 0 N–H and O–H groups in total. The second-order valence-electron chi connectivity index (χ2n) is 7.92. The Hall–Kier alpha value is -3.06. The average molecular weight is 391 g/mol. The van der Waals surface area contributed by atoms with Crippen molar-refractivity contribution in [2.24, 2.45) is 7.05 Å². The minimum atomic E-state index is -0.358. The Morgan fingerprint density at radius 2 is 1.86 bits per heavy atom. The lowest BCUT2D eigenvalue weighted by Gasteiger charge is -2.30. The number of likely N-dealkylation sites (tertiary alicyclic amines) is 1. The van der Waals surface area contributed by atoms with Gasteiger partial charge in [-0.05, 0) is 68.4 Å². The number of rotatable bonds is 2. The number of hydrogen-bond acceptors (Lipinski definition) is 4. The summed E-state index contributed by atoms with van der Waals surface area (Å²) >= 11 is 0. The SMILES string of the molecule is CN1CCC(n2cnc3cc(-c4cc(F)c5nn(C)cc5c4)ccc3c2=O)CC1. The van der Waals surface area contributed by atoms with Gasteiger partial charge in [0, 0.05) is 24.7 Å². The molecule has 0 bridgehead atoms. The number of fused-ring (bicyclic) bond motifs is 2. The van der Waals surface area contributed by atoms with E-state index in [1.54, 1.807) is 34.9 Å². The van der Waals surface area contributed by atoms with Crippen molar-refractivity contribution in [2.45, 2.75) is 18.9 Å². The second kappa shape index (κ2) is 6.77. The van der Waals surface area contributed by atoms with Crippen LogP contribution in [0.25, 0.3) is 32.9 Å². The molecule has 5 rings (SSSR count). The molecule has 0 amide bonds. The molecule has 3 heterocycles. The molecule has 148 valence electrons. The summed E-state index contributed by atoms with van der Waals surface area (Å²) < 4.78 is 17.8. The number of halogens is 1. The summed E-state index contributed by atoms with van der Waals surface area (Å²) in [7, 11) is 3.87. The molecule has 1 aliphatic heterocycles. The fourth-order valence-electron chi connectivity index (χ4n) is 4.23. The van der Waals surface area contributed by atoms with E-state index in [0.717, 1.165) is 42.4 Å². The van der Waals surface area contributed by atoms with E-state index < -0.39 is 0 Å². The molecule has 0 saturated carbocycles. The zero-order chi connectivity index (χ0) is 20.1. The normalized spacial score (nSPS) is 16.1. The van der Waals surface area contributed by atoms with Gasteiger partial charge in [-0.1, -0.05) is 6.07 Å². The Morgan fingerprint density at radius 3 is 2.66 bits per heavy atom. The van der Waals surface area contributed by atoms with Gasteiger partial charge in [-0.15, -0.1) is 0 Å². The van der Waals surface area contributed by atoms with Gasteiger partial charge in [0.2, 0.25) is 0 Å². The molecule has 0 aliphatic carbocycles. The van der Waals surface area contributed by atoms with Gasteiger partial charge in [-0.2, -0.15) is 5.10 Å². The van der Waals surface area contributed by atoms with Crippen molar-refractivity contribution < 1.29 is 4.39 Å². The van der Waals surface area contributed by atoms with Crippen LogP contribution < -0.4 is 5.56 Å². The maximum absolute atomic E-state index is 14.5. The lowest BCUT2D eigenvalue weighted by atomic mass is 10.0. The largest absolute Gasteiger partial charge is 0.306 e. The lowest BCUT2D eigenvalue weighted by Crippen LogP contribution is -2.35. The third kappa shape index (κ3) is 3.11. The molecule has 0 unspecified atom stereocenters. The van der Waals surface area contributed by atoms with Crippen molar-refractivity contribution in [3.8, 4) is 11.1 Å². The molecule has 4 aromatic rings. The fourth-order valence-corrected chi connectivity index (χ4v) is 4.23. The van der Waals surface area contributed by atoms with Crippen LogP contribution in [0.4, 0.5) is 4.39 Å². The number of nitrogens with zero attached hydrogens (tertiary/aromatic N) is 5. The van der Waals surface area contributed by atoms with Crippen molar-refractivity contribution in [1.82, 2.24) is 24.2 Å². The Balaban J connectivity index is 1.56. The summed E-state index contributed by atoms with van der Waals surface area (Å²) in [6.45, 7) is 1.97. The minimum Gasteiger partial charge on any atom is -0.306 e. The summed E-state index contributed by atoms with van der Waals surface area (Å²) in [4.78, 5) is 19.9. The highest BCUT2D eigenvalue weighted by atomic mass is 19.1. The average Bonchev–Trinajstić information content (AvgIpc) is 3.10. The van der Waals surface area contributed by atoms with Crippen LogP contribution in [0.2, 0.25) is 0 Å². The minimum absolute atomic E-state index is 0.00926. The van der Waals surface area contributed by atoms with E-state index in [4.69, 9.17) is 0 Å². The van der Waals surface area contributed by atoms with Crippen LogP contribution in [-0.4, -0.2) is 44.4 Å². The molecule has 1 saturated heterocycles. The van der Waals surface area contributed by atoms with Gasteiger partial charge in [-0.3, -0.25) is 14.0 Å². The van der Waals surface area contributed by atoms with Crippen molar-refractivity contribution in [1.29, 1.82) is 0 Å². The summed E-state index contributed by atoms with van der Waals surface area (Å²) in [5, 5.41) is 5.49. The molecule has 2 aromatic carbocycles. The molecule has 7 heteroatoms. The van der Waals surface area contributed by atoms with E-state index >= 15 is 0 Å². The smallest absolute Gasteiger partial charge is 0.261 e. The van der Waals surface area contributed by atoms with Gasteiger partial charge >= 0.3 is 0 Å². The second-order valence-corrected chi connectivity index (χ2v) is 7.92. The first-order valence-corrected chi connectivity index (χ1v) is 9.82. The molecule has 1 aliphatic rings. The van der Waals surface area contributed by atoms with Gasteiger partial charge in [-0.25, -0.2) is 9.37 Å². The highest BCUT2D eigenvalue weighted by Gasteiger charge is 2.20. The predicted octanol–water partition coefficient (Wildman–Crippen LogP) is 3.36. The first-order chi connectivity index (χ1) is 14.0. The maximum Gasteiger partial charge on any atom is 0.261 e. The van der Waals surface area contributed by atoms with E-state index in [2.05, 4.69) is 22.0 Å². The Morgan fingerprint density at radius 1 is 1.07 bits per heavy atom. The molecule has 0 atom stereocenters. The van der Waals surface area contributed by atoms with Crippen molar-refractivity contribution in [3.63, 3.8) is 0 Å². The molecular weight excluding hydrogens is 369 g/mol. The number of aryl methyl sites for hydroxylation is 1. The zero-order valence-corrected chi connectivity index (χ0v) is 16.5. The first-order valence-electron chi connectivity index (χ1n) is 9.82. The van der Waals surface area contributed by atoms with Crippen LogP contribution in [0.15, 0.2) is 47.7 Å². The van der Waals surface area contributed by atoms with Crippen LogP contribution >= 0.6 is 0 Å². The summed E-state index contributed by atoms with van der Waals surface area (Å²) in [5.74, 6) is -0.358. The van der Waals surface area contributed by atoms with Crippen LogP contribution in [0, 0.1) is 5.82 Å². The van der Waals surface area contributed by atoms with E-state index in [1.165, 1.54) is 6.07 Å². The highest BCUT2D eigenvalue weighted by molar-refractivity contribution is 5.88. The van der Waals surface area contributed by atoms with Crippen LogP contribution in [0.5, 0.6) is 0 Å². The Kier molecular flexibility index (Phi) is 4.20. The molecule has 6 nitrogen and oxygen atoms in total. The monoisotopic (exact) mass is 391 g/mol. The summed E-state index contributed by atoms with van der Waals surface area (Å²) in [6.07, 6.45) is 5.36. The summed E-state index contributed by atoms with van der Waals surface area (Å²) in [6, 6.07) is 9.10. The Bertz CT molecular complexity index is 1280. The molecule has 29 heavy (non-hydrogen) atoms. The van der Waals surface area contributed by atoms with Gasteiger partial charge in [0.15, 0.2) is 5.82 Å². The lowest BCUT2D eigenvalue weighted by molar-refractivity contribution is 0.218. The first kappa shape index (κ1) is 18.0. The maximum atomic E-state index is 14.5. The third-order valence-electron chi connectivity index (χ3n) is 5.88. The summed E-state index contributed by atoms with van der Waals surface area (Å²) in [5.41, 5.74) is 2.54. The molecule has 0 spiro atoms. The van der Waals surface area contributed by atoms with Crippen molar-refractivity contribution >= 4 is 21.8 Å². The predicted molar refractivity (Wildman–Crippen MR) is 111 cm³/mol. The van der Waals surface area contributed by atoms with Gasteiger partial charge in [0.1, 0.15) is 5.52 Å². The van der Waals surface area contributed by atoms with Gasteiger partial charge in [0.25, 0.3) is 5.56 Å². The fraction of sp³-hybridized carbons (Fsp3) is 0.318. The molecule has 2 aromatic heterocycles. The third-order valence-corrected chi connectivity index (χ3v) is 5.88. The number of piperidine rings is 1. The number of benzene rings is 2. The van der Waals surface area contributed by atoms with E-state index in [-0.39, 0.29) is 17.4 Å². The molecular formula is C22H22FN5O. The van der Waals surface area contributed by atoms with Crippen LogP contribution in [-0.2, 0) is 7.05 Å². The van der Waals surface area contributed by atoms with Gasteiger partial charge < -0.3 is 4.90 Å². The van der Waals surface area contributed by atoms with E-state index in [9.17, 15) is 9.18 Å². The van der Waals surface area contributed by atoms with Crippen molar-refractivity contribution in [2.75, 3.05) is 20.1 Å². The van der Waals surface area contributed by atoms with E-state index in [1.807, 2.05) is 18.2 Å². The quantitative estimate of drug-likeness (QED) is 0.526. The van der Waals surface area contributed by atoms with Crippen LogP contribution in [0.3, 0.4) is 0 Å². The molecule has 1 fully saturated rings. The van der Waals surface area contributed by atoms with Gasteiger partial charge in [0.05, 0.1) is 17.2 Å². The molecule has 0 radical (unpaired) electrons. The van der Waals surface area contributed by atoms with Crippen molar-refractivity contribution in [3.05, 3.63) is 59.0 Å². The van der Waals surface area contributed by atoms with E-state index in [0.29, 0.717) is 16.4 Å². The number of hydrogen-bond donors (Lipinski definition) is 0. The highest BCUT2D eigenvalue weighted by Crippen LogP contribution is 2.28. The number of aromatic nitrogens is 4. The topological polar surface area (TPSA) is 56.0 Å². The Labute approximate surface area is 167 Å². The zero-order valence-electron chi connectivity index (χ0n) is 16.5. The standard InChI is InChI=1S/C22H22FN5O/c1-26-7-5-17(6-8-26)28-13-24-20-11-14(3-4-18(20)22(28)29)15-9-16-12-27(2)25-21(16)19(23)10-15/h3-4,9-13,17H,5-8H2,1-2H3. The van der Waals surface area contributed by atoms with Crippen LogP contribution in [0.1, 0.15) is 18.9 Å².